The van der Waals surface area contributed by atoms with Crippen LogP contribution in [-0.4, -0.2) is 50.5 Å². The Balaban J connectivity index is 1.46. The number of hydrogen-bond acceptors (Lipinski definition) is 7. The highest BCUT2D eigenvalue weighted by Gasteiger charge is 2.22. The van der Waals surface area contributed by atoms with E-state index in [-0.39, 0.29) is 4.90 Å². The lowest BCUT2D eigenvalue weighted by Crippen LogP contribution is -2.30. The Kier molecular flexibility index (Phi) is 6.75. The molecule has 0 aliphatic carbocycles. The fourth-order valence-electron chi connectivity index (χ4n) is 3.31. The van der Waals surface area contributed by atoms with E-state index in [0.717, 1.165) is 29.5 Å². The molecule has 0 amide bonds. The highest BCUT2D eigenvalue weighted by Crippen LogP contribution is 2.24. The van der Waals surface area contributed by atoms with Gasteiger partial charge in [0.2, 0.25) is 10.0 Å². The first-order chi connectivity index (χ1) is 15.0. The minimum atomic E-state index is -3.50. The van der Waals surface area contributed by atoms with E-state index < -0.39 is 10.0 Å². The van der Waals surface area contributed by atoms with E-state index in [0.29, 0.717) is 24.4 Å². The Bertz CT molecular complexity index is 1240. The summed E-state index contributed by atoms with van der Waals surface area (Å²) in [5.74, 6) is 1.36. The van der Waals surface area contributed by atoms with Gasteiger partial charge in [-0.1, -0.05) is 31.7 Å². The second-order valence-corrected chi connectivity index (χ2v) is 10.8. The fraction of sp³-hybridized carbons (Fsp3) is 0.350. The molecule has 0 radical (unpaired) electrons. The van der Waals surface area contributed by atoms with Crippen molar-refractivity contribution in [2.24, 2.45) is 0 Å². The van der Waals surface area contributed by atoms with Crippen molar-refractivity contribution in [3.8, 4) is 0 Å². The number of H-pyrrole nitrogens is 1. The van der Waals surface area contributed by atoms with Gasteiger partial charge in [0.1, 0.15) is 12.2 Å². The van der Waals surface area contributed by atoms with Crippen molar-refractivity contribution in [3.63, 3.8) is 0 Å². The Morgan fingerprint density at radius 1 is 1.23 bits per heavy atom. The molecule has 0 spiro atoms. The number of thioether (sulfide) groups is 1. The van der Waals surface area contributed by atoms with Crippen molar-refractivity contribution >= 4 is 44.2 Å². The Morgan fingerprint density at radius 2 is 2.06 bits per heavy atom. The molecule has 0 aliphatic rings. The van der Waals surface area contributed by atoms with Gasteiger partial charge in [-0.15, -0.1) is 21.5 Å². The lowest BCUT2D eigenvalue weighted by molar-refractivity contribution is 0.445. The number of benzene rings is 1. The Hall–Kier alpha value is -2.21. The highest BCUT2D eigenvalue weighted by atomic mass is 32.2. The van der Waals surface area contributed by atoms with Gasteiger partial charge in [0, 0.05) is 24.5 Å². The Morgan fingerprint density at radius 3 is 2.81 bits per heavy atom. The van der Waals surface area contributed by atoms with Crippen molar-refractivity contribution < 1.29 is 8.42 Å². The molecule has 8 nitrogen and oxygen atoms in total. The van der Waals surface area contributed by atoms with Crippen LogP contribution < -0.4 is 0 Å². The van der Waals surface area contributed by atoms with Gasteiger partial charge in [-0.2, -0.15) is 4.31 Å². The Labute approximate surface area is 189 Å². The molecule has 0 saturated heterocycles. The largest absolute Gasteiger partial charge is 0.341 e. The first-order valence-corrected chi connectivity index (χ1v) is 13.3. The number of aryl methyl sites for hydroxylation is 2. The van der Waals surface area contributed by atoms with Crippen LogP contribution in [0.5, 0.6) is 0 Å². The molecule has 0 atom stereocenters. The number of sulfonamides is 1. The van der Waals surface area contributed by atoms with Crippen LogP contribution in [0.2, 0.25) is 0 Å². The van der Waals surface area contributed by atoms with Gasteiger partial charge in [-0.25, -0.2) is 13.4 Å². The molecule has 31 heavy (non-hydrogen) atoms. The minimum Gasteiger partial charge on any atom is -0.341 e. The molecule has 164 valence electrons. The summed E-state index contributed by atoms with van der Waals surface area (Å²) in [6, 6.07) is 9.22. The second kappa shape index (κ2) is 9.51. The number of rotatable bonds is 10. The lowest BCUT2D eigenvalue weighted by atomic mass is 10.3. The minimum absolute atomic E-state index is 0.278. The summed E-state index contributed by atoms with van der Waals surface area (Å²) in [6.07, 6.45) is 2.69. The molecular formula is C20H24N6O2S3. The summed E-state index contributed by atoms with van der Waals surface area (Å²) in [5.41, 5.74) is 1.45. The summed E-state index contributed by atoms with van der Waals surface area (Å²) in [5, 5.41) is 11.2. The lowest BCUT2D eigenvalue weighted by Gasteiger charge is -2.18. The van der Waals surface area contributed by atoms with Gasteiger partial charge < -0.3 is 9.55 Å². The summed E-state index contributed by atoms with van der Waals surface area (Å²) < 4.78 is 29.1. The number of aromatic nitrogens is 5. The van der Waals surface area contributed by atoms with Gasteiger partial charge in [0.05, 0.1) is 21.7 Å². The molecule has 11 heteroatoms. The number of hydrogen-bond donors (Lipinski definition) is 1. The number of imidazole rings is 1. The molecule has 0 unspecified atom stereocenters. The zero-order valence-corrected chi connectivity index (χ0v) is 19.8. The normalized spacial score (nSPS) is 12.2. The zero-order valence-electron chi connectivity index (χ0n) is 17.4. The van der Waals surface area contributed by atoms with Crippen molar-refractivity contribution in [2.75, 3.05) is 13.1 Å². The van der Waals surface area contributed by atoms with Gasteiger partial charge in [0.25, 0.3) is 0 Å². The number of fused-ring (bicyclic) bond motifs is 1. The highest BCUT2D eigenvalue weighted by molar-refractivity contribution is 7.98. The van der Waals surface area contributed by atoms with E-state index in [1.807, 2.05) is 18.4 Å². The molecule has 0 bridgehead atoms. The van der Waals surface area contributed by atoms with Crippen molar-refractivity contribution in [3.05, 3.63) is 52.7 Å². The zero-order chi connectivity index (χ0) is 21.8. The maximum Gasteiger partial charge on any atom is 0.243 e. The molecule has 4 aromatic rings. The van der Waals surface area contributed by atoms with Gasteiger partial charge in [-0.05, 0) is 36.1 Å². The number of thiophene rings is 1. The van der Waals surface area contributed by atoms with E-state index in [4.69, 9.17) is 0 Å². The van der Waals surface area contributed by atoms with E-state index >= 15 is 0 Å². The van der Waals surface area contributed by atoms with Crippen LogP contribution in [-0.2, 0) is 28.7 Å². The second-order valence-electron chi connectivity index (χ2n) is 6.88. The SMILES string of the molecule is CCN(CC)S(=O)(=O)c1ccc2nc(CSc3nncn3CCc3cccs3)[nH]c2c1. The van der Waals surface area contributed by atoms with Crippen LogP contribution in [0.15, 0.2) is 52.1 Å². The van der Waals surface area contributed by atoms with Gasteiger partial charge >= 0.3 is 0 Å². The van der Waals surface area contributed by atoms with Crippen LogP contribution in [0, 0.1) is 0 Å². The maximum atomic E-state index is 12.8. The molecule has 3 heterocycles. The number of aromatic amines is 1. The summed E-state index contributed by atoms with van der Waals surface area (Å²) in [6.45, 7) is 5.38. The first kappa shape index (κ1) is 22.0. The van der Waals surface area contributed by atoms with E-state index in [2.05, 4.69) is 37.7 Å². The summed E-state index contributed by atoms with van der Waals surface area (Å²) >= 11 is 3.30. The average molecular weight is 477 g/mol. The van der Waals surface area contributed by atoms with Crippen LogP contribution in [0.25, 0.3) is 11.0 Å². The monoisotopic (exact) mass is 476 g/mol. The molecule has 3 aromatic heterocycles. The smallest absolute Gasteiger partial charge is 0.243 e. The van der Waals surface area contributed by atoms with Crippen LogP contribution in [0.1, 0.15) is 24.5 Å². The van der Waals surface area contributed by atoms with Crippen LogP contribution in [0.4, 0.5) is 0 Å². The first-order valence-electron chi connectivity index (χ1n) is 10.0. The maximum absolute atomic E-state index is 12.8. The van der Waals surface area contributed by atoms with E-state index in [9.17, 15) is 8.42 Å². The quantitative estimate of drug-likeness (QED) is 0.350. The third kappa shape index (κ3) is 4.84. The molecule has 0 fully saturated rings. The van der Waals surface area contributed by atoms with Gasteiger partial charge in [-0.3, -0.25) is 0 Å². The standard InChI is InChI=1S/C20H24N6O2S3/c1-3-26(4-2)31(27,28)16-7-8-17-18(12-16)23-19(22-17)13-30-20-24-21-14-25(20)10-9-15-6-5-11-29-15/h5-8,11-12,14H,3-4,9-10,13H2,1-2H3,(H,22,23). The van der Waals surface area contributed by atoms with Crippen molar-refractivity contribution in [1.82, 2.24) is 29.0 Å². The molecule has 0 aliphatic heterocycles. The molecule has 4 rings (SSSR count). The number of nitrogens with one attached hydrogen (secondary N) is 1. The summed E-state index contributed by atoms with van der Waals surface area (Å²) in [7, 11) is -3.50. The van der Waals surface area contributed by atoms with Crippen molar-refractivity contribution in [2.45, 2.75) is 42.6 Å². The van der Waals surface area contributed by atoms with Gasteiger partial charge in [0.15, 0.2) is 5.16 Å². The topological polar surface area (TPSA) is 96.8 Å². The van der Waals surface area contributed by atoms with Crippen LogP contribution >= 0.6 is 23.1 Å². The molecular weight excluding hydrogens is 452 g/mol. The third-order valence-corrected chi connectivity index (χ3v) is 8.92. The molecule has 1 aromatic carbocycles. The molecule has 1 N–H and O–H groups in total. The molecule has 0 saturated carbocycles. The fourth-order valence-corrected chi connectivity index (χ4v) is 6.31. The predicted molar refractivity (Wildman–Crippen MR) is 124 cm³/mol. The van der Waals surface area contributed by atoms with E-state index in [1.165, 1.54) is 9.18 Å². The number of nitrogens with zero attached hydrogens (tertiary/aromatic N) is 5. The van der Waals surface area contributed by atoms with E-state index in [1.54, 1.807) is 47.6 Å². The van der Waals surface area contributed by atoms with Crippen molar-refractivity contribution in [1.29, 1.82) is 0 Å². The average Bonchev–Trinajstić information content (AvgIpc) is 3.51. The summed E-state index contributed by atoms with van der Waals surface area (Å²) in [4.78, 5) is 9.45. The third-order valence-electron chi connectivity index (χ3n) is 4.94. The predicted octanol–water partition coefficient (Wildman–Crippen LogP) is 3.78. The van der Waals surface area contributed by atoms with Crippen LogP contribution in [0.3, 0.4) is 0 Å².